The van der Waals surface area contributed by atoms with Crippen LogP contribution >= 0.6 is 23.4 Å². The Morgan fingerprint density at radius 2 is 1.74 bits per heavy atom. The average Bonchev–Trinajstić information content (AvgIpc) is 2.47. The molecule has 0 saturated carbocycles. The van der Waals surface area contributed by atoms with Crippen molar-refractivity contribution in [3.63, 3.8) is 0 Å². The second kappa shape index (κ2) is 6.61. The lowest BCUT2D eigenvalue weighted by molar-refractivity contribution is -0.120. The summed E-state index contributed by atoms with van der Waals surface area (Å²) in [6.45, 7) is 0. The molecule has 19 heavy (non-hydrogen) atoms. The van der Waals surface area contributed by atoms with Gasteiger partial charge in [0.25, 0.3) is 5.91 Å². The normalized spacial score (nSPS) is 11.9. The van der Waals surface area contributed by atoms with Gasteiger partial charge in [-0.1, -0.05) is 41.9 Å². The Bertz CT molecular complexity index is 545. The molecule has 0 aliphatic heterocycles. The van der Waals surface area contributed by atoms with E-state index >= 15 is 0 Å². The van der Waals surface area contributed by atoms with Crippen molar-refractivity contribution >= 4 is 29.3 Å². The van der Waals surface area contributed by atoms with Crippen molar-refractivity contribution in [2.24, 2.45) is 5.84 Å². The number of carbonyl (C=O) groups excluding carboxylic acids is 1. The molecule has 1 atom stereocenters. The van der Waals surface area contributed by atoms with Gasteiger partial charge in [-0.3, -0.25) is 10.2 Å². The van der Waals surface area contributed by atoms with Crippen LogP contribution in [-0.2, 0) is 4.79 Å². The summed E-state index contributed by atoms with van der Waals surface area (Å²) in [6, 6.07) is 16.9. The third kappa shape index (κ3) is 3.73. The van der Waals surface area contributed by atoms with Crippen LogP contribution in [0.4, 0.5) is 0 Å². The van der Waals surface area contributed by atoms with Gasteiger partial charge in [0.15, 0.2) is 0 Å². The number of hydrazine groups is 1. The van der Waals surface area contributed by atoms with Crippen LogP contribution in [0.15, 0.2) is 59.5 Å². The lowest BCUT2D eigenvalue weighted by Crippen LogP contribution is -2.33. The molecule has 2 aromatic rings. The number of hydrogen-bond acceptors (Lipinski definition) is 3. The Balaban J connectivity index is 2.24. The van der Waals surface area contributed by atoms with Crippen molar-refractivity contribution in [3.8, 4) is 0 Å². The molecule has 0 bridgehead atoms. The first-order chi connectivity index (χ1) is 9.20. The van der Waals surface area contributed by atoms with Crippen LogP contribution < -0.4 is 11.3 Å². The molecular weight excluding hydrogens is 280 g/mol. The van der Waals surface area contributed by atoms with E-state index in [1.165, 1.54) is 11.8 Å². The van der Waals surface area contributed by atoms with Gasteiger partial charge < -0.3 is 0 Å². The number of carbonyl (C=O) groups is 1. The SMILES string of the molecule is NNC(=O)C(Sc1ccc(Cl)cc1)c1ccccc1. The number of benzene rings is 2. The lowest BCUT2D eigenvalue weighted by Gasteiger charge is -2.15. The van der Waals surface area contributed by atoms with Crippen LogP contribution in [0.2, 0.25) is 5.02 Å². The smallest absolute Gasteiger partial charge is 0.251 e. The highest BCUT2D eigenvalue weighted by atomic mass is 35.5. The molecular formula is C14H13ClN2OS. The summed E-state index contributed by atoms with van der Waals surface area (Å²) in [5.41, 5.74) is 3.12. The topological polar surface area (TPSA) is 55.1 Å². The molecule has 0 spiro atoms. The summed E-state index contributed by atoms with van der Waals surface area (Å²) in [6.07, 6.45) is 0. The van der Waals surface area contributed by atoms with E-state index in [2.05, 4.69) is 5.43 Å². The van der Waals surface area contributed by atoms with Crippen molar-refractivity contribution in [1.29, 1.82) is 0 Å². The Labute approximate surface area is 121 Å². The number of nitrogens with two attached hydrogens (primary N) is 1. The van der Waals surface area contributed by atoms with Crippen LogP contribution in [0.1, 0.15) is 10.8 Å². The van der Waals surface area contributed by atoms with Gasteiger partial charge in [-0.25, -0.2) is 5.84 Å². The fourth-order valence-corrected chi connectivity index (χ4v) is 2.79. The molecule has 3 nitrogen and oxygen atoms in total. The fourth-order valence-electron chi connectivity index (χ4n) is 1.63. The standard InChI is InChI=1S/C14H13ClN2OS/c15-11-6-8-12(9-7-11)19-13(14(18)17-16)10-4-2-1-3-5-10/h1-9,13H,16H2,(H,17,18). The molecule has 1 unspecified atom stereocenters. The number of hydrogen-bond donors (Lipinski definition) is 2. The fraction of sp³-hybridized carbons (Fsp3) is 0.0714. The van der Waals surface area contributed by atoms with Crippen LogP contribution in [-0.4, -0.2) is 5.91 Å². The molecule has 3 N–H and O–H groups in total. The van der Waals surface area contributed by atoms with Crippen LogP contribution in [0.25, 0.3) is 0 Å². The third-order valence-corrected chi connectivity index (χ3v) is 4.07. The van der Waals surface area contributed by atoms with Gasteiger partial charge in [-0.2, -0.15) is 0 Å². The van der Waals surface area contributed by atoms with E-state index in [9.17, 15) is 4.79 Å². The van der Waals surface area contributed by atoms with Gasteiger partial charge in [0.2, 0.25) is 0 Å². The first kappa shape index (κ1) is 13.9. The van der Waals surface area contributed by atoms with E-state index in [0.29, 0.717) is 5.02 Å². The van der Waals surface area contributed by atoms with Gasteiger partial charge in [0.05, 0.1) is 0 Å². The van der Waals surface area contributed by atoms with E-state index in [0.717, 1.165) is 10.5 Å². The van der Waals surface area contributed by atoms with E-state index in [4.69, 9.17) is 17.4 Å². The maximum atomic E-state index is 11.9. The predicted molar refractivity (Wildman–Crippen MR) is 78.8 cm³/mol. The minimum atomic E-state index is -0.382. The predicted octanol–water partition coefficient (Wildman–Crippen LogP) is 3.16. The molecule has 0 heterocycles. The van der Waals surface area contributed by atoms with E-state index in [1.807, 2.05) is 42.5 Å². The minimum absolute atomic E-state index is 0.230. The highest BCUT2D eigenvalue weighted by Gasteiger charge is 2.20. The molecule has 0 radical (unpaired) electrons. The first-order valence-corrected chi connectivity index (χ1v) is 6.94. The molecule has 0 aliphatic rings. The van der Waals surface area contributed by atoms with E-state index < -0.39 is 0 Å². The Kier molecular flexibility index (Phi) is 4.85. The summed E-state index contributed by atoms with van der Waals surface area (Å²) >= 11 is 7.28. The molecule has 2 aromatic carbocycles. The number of amides is 1. The zero-order valence-electron chi connectivity index (χ0n) is 10.0. The summed E-state index contributed by atoms with van der Waals surface area (Å²) in [7, 11) is 0. The highest BCUT2D eigenvalue weighted by molar-refractivity contribution is 8.00. The van der Waals surface area contributed by atoms with Gasteiger partial charge in [0.1, 0.15) is 5.25 Å². The molecule has 98 valence electrons. The Morgan fingerprint density at radius 3 is 2.32 bits per heavy atom. The Morgan fingerprint density at radius 1 is 1.11 bits per heavy atom. The van der Waals surface area contributed by atoms with Crippen molar-refractivity contribution in [1.82, 2.24) is 5.43 Å². The maximum Gasteiger partial charge on any atom is 0.251 e. The minimum Gasteiger partial charge on any atom is -0.293 e. The third-order valence-electron chi connectivity index (χ3n) is 2.55. The number of thioether (sulfide) groups is 1. The van der Waals surface area contributed by atoms with Crippen molar-refractivity contribution < 1.29 is 4.79 Å². The van der Waals surface area contributed by atoms with Gasteiger partial charge in [0, 0.05) is 9.92 Å². The molecule has 0 aromatic heterocycles. The van der Waals surface area contributed by atoms with E-state index in [1.54, 1.807) is 12.1 Å². The zero-order valence-corrected chi connectivity index (χ0v) is 11.6. The molecule has 0 saturated heterocycles. The van der Waals surface area contributed by atoms with Crippen molar-refractivity contribution in [3.05, 3.63) is 65.2 Å². The van der Waals surface area contributed by atoms with Crippen LogP contribution in [0.3, 0.4) is 0 Å². The van der Waals surface area contributed by atoms with Crippen LogP contribution in [0, 0.1) is 0 Å². The highest BCUT2D eigenvalue weighted by Crippen LogP contribution is 2.35. The largest absolute Gasteiger partial charge is 0.293 e. The van der Waals surface area contributed by atoms with Gasteiger partial charge in [-0.15, -0.1) is 11.8 Å². The second-order valence-corrected chi connectivity index (χ2v) is 5.49. The average molecular weight is 293 g/mol. The zero-order chi connectivity index (χ0) is 13.7. The molecule has 1 amide bonds. The maximum absolute atomic E-state index is 11.9. The molecule has 2 rings (SSSR count). The monoisotopic (exact) mass is 292 g/mol. The van der Waals surface area contributed by atoms with Crippen molar-refractivity contribution in [2.45, 2.75) is 10.1 Å². The van der Waals surface area contributed by atoms with Gasteiger partial charge >= 0.3 is 0 Å². The summed E-state index contributed by atoms with van der Waals surface area (Å²) in [5, 5.41) is 0.288. The van der Waals surface area contributed by atoms with Gasteiger partial charge in [-0.05, 0) is 29.8 Å². The summed E-state index contributed by atoms with van der Waals surface area (Å²) in [5.74, 6) is 5.02. The lowest BCUT2D eigenvalue weighted by atomic mass is 10.1. The second-order valence-electron chi connectivity index (χ2n) is 3.87. The van der Waals surface area contributed by atoms with Crippen molar-refractivity contribution in [2.75, 3.05) is 0 Å². The summed E-state index contributed by atoms with van der Waals surface area (Å²) in [4.78, 5) is 12.9. The van der Waals surface area contributed by atoms with Crippen LogP contribution in [0.5, 0.6) is 0 Å². The Hall–Kier alpha value is -1.49. The molecule has 0 aliphatic carbocycles. The quantitative estimate of drug-likeness (QED) is 0.394. The first-order valence-electron chi connectivity index (χ1n) is 5.68. The summed E-state index contributed by atoms with van der Waals surface area (Å²) < 4.78 is 0. The number of rotatable bonds is 4. The van der Waals surface area contributed by atoms with E-state index in [-0.39, 0.29) is 11.2 Å². The number of nitrogens with one attached hydrogen (secondary N) is 1. The number of halogens is 1. The molecule has 5 heteroatoms. The molecule has 0 fully saturated rings.